The number of ketones is 1. The van der Waals surface area contributed by atoms with Crippen LogP contribution >= 0.6 is 11.6 Å². The molecule has 2 aromatic carbocycles. The number of allylic oxidation sites excluding steroid dienone is 1. The van der Waals surface area contributed by atoms with E-state index in [2.05, 4.69) is 19.2 Å². The number of nitrogens with one attached hydrogen (secondary N) is 1. The Bertz CT molecular complexity index is 693. The molecule has 0 spiro atoms. The summed E-state index contributed by atoms with van der Waals surface area (Å²) in [4.78, 5) is 12.0. The molecule has 0 bridgehead atoms. The number of hydrogen-bond donors (Lipinski definition) is 1. The first-order chi connectivity index (χ1) is 10.5. The summed E-state index contributed by atoms with van der Waals surface area (Å²) >= 11 is 5.69. The van der Waals surface area contributed by atoms with Crippen molar-refractivity contribution in [2.24, 2.45) is 0 Å². The lowest BCUT2D eigenvalue weighted by atomic mass is 10.0. The molecule has 2 nitrogen and oxygen atoms in total. The molecule has 0 atom stereocenters. The summed E-state index contributed by atoms with van der Waals surface area (Å²) in [7, 11) is 0. The van der Waals surface area contributed by atoms with E-state index in [-0.39, 0.29) is 16.5 Å². The molecule has 0 amide bonds. The van der Waals surface area contributed by atoms with Crippen LogP contribution in [0, 0.1) is 5.82 Å². The lowest BCUT2D eigenvalue weighted by Crippen LogP contribution is -1.98. The van der Waals surface area contributed by atoms with Crippen molar-refractivity contribution < 1.29 is 9.18 Å². The zero-order chi connectivity index (χ0) is 16.1. The number of anilines is 1. The molecular weight excluding hydrogens is 301 g/mol. The van der Waals surface area contributed by atoms with Gasteiger partial charge in [-0.3, -0.25) is 4.79 Å². The molecule has 1 N–H and O–H groups in total. The quantitative estimate of drug-likeness (QED) is 0.590. The maximum absolute atomic E-state index is 13.7. The predicted molar refractivity (Wildman–Crippen MR) is 89.0 cm³/mol. The minimum Gasteiger partial charge on any atom is -0.359 e. The molecule has 0 saturated heterocycles. The molecule has 0 saturated carbocycles. The van der Waals surface area contributed by atoms with Crippen LogP contribution in [0.5, 0.6) is 0 Å². The van der Waals surface area contributed by atoms with Crippen LogP contribution in [-0.4, -0.2) is 5.78 Å². The fourth-order valence-electron chi connectivity index (χ4n) is 1.95. The molecule has 0 aliphatic rings. The minimum atomic E-state index is -0.539. The fourth-order valence-corrected chi connectivity index (χ4v) is 2.13. The van der Waals surface area contributed by atoms with Gasteiger partial charge in [-0.05, 0) is 23.6 Å². The van der Waals surface area contributed by atoms with Crippen LogP contribution in [0.4, 0.5) is 10.1 Å². The van der Waals surface area contributed by atoms with Crippen molar-refractivity contribution in [3.8, 4) is 0 Å². The van der Waals surface area contributed by atoms with Gasteiger partial charge in [-0.1, -0.05) is 55.8 Å². The van der Waals surface area contributed by atoms with Crippen molar-refractivity contribution in [1.82, 2.24) is 0 Å². The summed E-state index contributed by atoms with van der Waals surface area (Å²) in [5, 5.41) is 2.76. The summed E-state index contributed by atoms with van der Waals surface area (Å²) < 4.78 is 13.7. The van der Waals surface area contributed by atoms with Gasteiger partial charge in [0.1, 0.15) is 0 Å². The summed E-state index contributed by atoms with van der Waals surface area (Å²) in [6, 6.07) is 12.1. The number of halogens is 2. The average Bonchev–Trinajstić information content (AvgIpc) is 2.51. The molecule has 0 radical (unpaired) electrons. The third-order valence-electron chi connectivity index (χ3n) is 3.29. The Balaban J connectivity index is 2.03. The first kappa shape index (κ1) is 16.2. The maximum Gasteiger partial charge on any atom is 0.187 e. The molecule has 0 aliphatic carbocycles. The van der Waals surface area contributed by atoms with Crippen LogP contribution in [-0.2, 0) is 0 Å². The van der Waals surface area contributed by atoms with Gasteiger partial charge in [-0.25, -0.2) is 4.39 Å². The van der Waals surface area contributed by atoms with Crippen molar-refractivity contribution in [2.75, 3.05) is 5.32 Å². The zero-order valence-corrected chi connectivity index (χ0v) is 13.2. The first-order valence-electron chi connectivity index (χ1n) is 7.00. The minimum absolute atomic E-state index is 0.0361. The fraction of sp³-hybridized carbons (Fsp3) is 0.167. The summed E-state index contributed by atoms with van der Waals surface area (Å²) in [5.41, 5.74) is 2.00. The second-order valence-corrected chi connectivity index (χ2v) is 5.63. The molecular formula is C18H17ClFNO. The highest BCUT2D eigenvalue weighted by atomic mass is 35.5. The molecule has 4 heteroatoms. The molecule has 0 heterocycles. The highest BCUT2D eigenvalue weighted by Crippen LogP contribution is 2.22. The smallest absolute Gasteiger partial charge is 0.187 e. The lowest BCUT2D eigenvalue weighted by molar-refractivity contribution is 0.104. The highest BCUT2D eigenvalue weighted by molar-refractivity contribution is 6.31. The summed E-state index contributed by atoms with van der Waals surface area (Å²) in [6.07, 6.45) is 2.78. The van der Waals surface area contributed by atoms with E-state index in [1.54, 1.807) is 24.3 Å². The van der Waals surface area contributed by atoms with E-state index in [1.165, 1.54) is 23.9 Å². The molecule has 0 aliphatic heterocycles. The van der Waals surface area contributed by atoms with Gasteiger partial charge in [0.2, 0.25) is 0 Å². The number of benzene rings is 2. The molecule has 114 valence electrons. The molecule has 2 rings (SSSR count). The van der Waals surface area contributed by atoms with Gasteiger partial charge in [-0.2, -0.15) is 0 Å². The molecule has 2 aromatic rings. The van der Waals surface area contributed by atoms with E-state index in [4.69, 9.17) is 11.6 Å². The maximum atomic E-state index is 13.7. The number of hydrogen-bond acceptors (Lipinski definition) is 2. The Morgan fingerprint density at radius 2 is 1.86 bits per heavy atom. The number of carbonyl (C=O) groups is 1. The number of carbonyl (C=O) groups excluding carboxylic acids is 1. The van der Waals surface area contributed by atoms with Crippen molar-refractivity contribution >= 4 is 23.1 Å². The standard InChI is InChI=1S/C18H17ClFNO/c1-12(2)13-6-8-14(9-7-13)17(22)10-11-21-16-5-3-4-15(19)18(16)20/h3-12,21H,1-2H3. The normalized spacial score (nSPS) is 11.1. The van der Waals surface area contributed by atoms with Gasteiger partial charge in [0.15, 0.2) is 11.6 Å². The van der Waals surface area contributed by atoms with Crippen LogP contribution < -0.4 is 5.32 Å². The van der Waals surface area contributed by atoms with Crippen LogP contribution in [0.1, 0.15) is 35.7 Å². The van der Waals surface area contributed by atoms with Gasteiger partial charge in [0.25, 0.3) is 0 Å². The van der Waals surface area contributed by atoms with Gasteiger partial charge in [0.05, 0.1) is 10.7 Å². The predicted octanol–water partition coefficient (Wildman–Crippen LogP) is 5.41. The molecule has 0 unspecified atom stereocenters. The Morgan fingerprint density at radius 3 is 2.50 bits per heavy atom. The van der Waals surface area contributed by atoms with E-state index in [0.29, 0.717) is 11.5 Å². The van der Waals surface area contributed by atoms with Crippen LogP contribution in [0.2, 0.25) is 5.02 Å². The van der Waals surface area contributed by atoms with Gasteiger partial charge >= 0.3 is 0 Å². The molecule has 22 heavy (non-hydrogen) atoms. The topological polar surface area (TPSA) is 29.1 Å². The van der Waals surface area contributed by atoms with E-state index >= 15 is 0 Å². The highest BCUT2D eigenvalue weighted by Gasteiger charge is 2.05. The largest absolute Gasteiger partial charge is 0.359 e. The summed E-state index contributed by atoms with van der Waals surface area (Å²) in [6.45, 7) is 4.19. The van der Waals surface area contributed by atoms with Gasteiger partial charge < -0.3 is 5.32 Å². The van der Waals surface area contributed by atoms with E-state index < -0.39 is 5.82 Å². The Hall–Kier alpha value is -2.13. The van der Waals surface area contributed by atoms with E-state index in [1.807, 2.05) is 12.1 Å². The third kappa shape index (κ3) is 3.95. The van der Waals surface area contributed by atoms with Crippen molar-refractivity contribution in [3.05, 3.63) is 76.7 Å². The second-order valence-electron chi connectivity index (χ2n) is 5.22. The van der Waals surface area contributed by atoms with Crippen LogP contribution in [0.15, 0.2) is 54.7 Å². The SMILES string of the molecule is CC(C)c1ccc(C(=O)C=CNc2cccc(Cl)c2F)cc1. The van der Waals surface area contributed by atoms with Crippen LogP contribution in [0.3, 0.4) is 0 Å². The van der Waals surface area contributed by atoms with Crippen molar-refractivity contribution in [1.29, 1.82) is 0 Å². The monoisotopic (exact) mass is 317 g/mol. The number of rotatable bonds is 5. The zero-order valence-electron chi connectivity index (χ0n) is 12.4. The average molecular weight is 318 g/mol. The Kier molecular flexibility index (Phi) is 5.34. The van der Waals surface area contributed by atoms with Gasteiger partial charge in [-0.15, -0.1) is 0 Å². The van der Waals surface area contributed by atoms with Crippen LogP contribution in [0.25, 0.3) is 0 Å². The van der Waals surface area contributed by atoms with Crippen molar-refractivity contribution in [2.45, 2.75) is 19.8 Å². The Labute approximate surface area is 134 Å². The molecule has 0 fully saturated rings. The lowest BCUT2D eigenvalue weighted by Gasteiger charge is -2.05. The van der Waals surface area contributed by atoms with E-state index in [0.717, 1.165) is 0 Å². The third-order valence-corrected chi connectivity index (χ3v) is 3.58. The second kappa shape index (κ2) is 7.23. The summed E-state index contributed by atoms with van der Waals surface area (Å²) in [5.74, 6) is -0.264. The molecule has 0 aromatic heterocycles. The van der Waals surface area contributed by atoms with Crippen molar-refractivity contribution in [3.63, 3.8) is 0 Å². The van der Waals surface area contributed by atoms with Gasteiger partial charge in [0, 0.05) is 17.8 Å². The first-order valence-corrected chi connectivity index (χ1v) is 7.38. The Morgan fingerprint density at radius 1 is 1.18 bits per heavy atom. The van der Waals surface area contributed by atoms with E-state index in [9.17, 15) is 9.18 Å².